The average Bonchev–Trinajstić information content (AvgIpc) is 2.46. The summed E-state index contributed by atoms with van der Waals surface area (Å²) in [4.78, 5) is 40.0. The maximum atomic E-state index is 12.0. The summed E-state index contributed by atoms with van der Waals surface area (Å²) in [5.41, 5.74) is 0.254. The second-order valence-electron chi connectivity index (χ2n) is 4.44. The quantitative estimate of drug-likeness (QED) is 0.705. The molecule has 2 N–H and O–H groups in total. The molecule has 0 aliphatic carbocycles. The SMILES string of the molecule is COC(=O)C[C@H](NC(=O)c1ccnc(N(C)C)c1)C(=O)O. The second-order valence-corrected chi connectivity index (χ2v) is 4.44. The van der Waals surface area contributed by atoms with E-state index in [1.54, 1.807) is 19.0 Å². The molecular formula is C13H17N3O5. The van der Waals surface area contributed by atoms with Gasteiger partial charge in [0.25, 0.3) is 5.91 Å². The van der Waals surface area contributed by atoms with Crippen LogP contribution < -0.4 is 10.2 Å². The number of nitrogens with one attached hydrogen (secondary N) is 1. The van der Waals surface area contributed by atoms with E-state index in [0.29, 0.717) is 5.82 Å². The van der Waals surface area contributed by atoms with Gasteiger partial charge in [-0.3, -0.25) is 9.59 Å². The number of amides is 1. The van der Waals surface area contributed by atoms with Gasteiger partial charge in [-0.25, -0.2) is 9.78 Å². The molecule has 0 bridgehead atoms. The molecule has 21 heavy (non-hydrogen) atoms. The maximum Gasteiger partial charge on any atom is 0.326 e. The summed E-state index contributed by atoms with van der Waals surface area (Å²) in [6, 6.07) is 1.63. The summed E-state index contributed by atoms with van der Waals surface area (Å²) >= 11 is 0. The van der Waals surface area contributed by atoms with Gasteiger partial charge in [0.1, 0.15) is 11.9 Å². The van der Waals surface area contributed by atoms with Crippen molar-refractivity contribution in [3.05, 3.63) is 23.9 Å². The van der Waals surface area contributed by atoms with Crippen LogP contribution in [-0.2, 0) is 14.3 Å². The van der Waals surface area contributed by atoms with Crippen molar-refractivity contribution < 1.29 is 24.2 Å². The van der Waals surface area contributed by atoms with Crippen LogP contribution in [0.3, 0.4) is 0 Å². The monoisotopic (exact) mass is 295 g/mol. The standard InChI is InChI=1S/C13H17N3O5/c1-16(2)10-6-8(4-5-14-10)12(18)15-9(13(19)20)7-11(17)21-3/h4-6,9H,7H2,1-3H3,(H,15,18)(H,19,20)/t9-/m0/s1. The van der Waals surface area contributed by atoms with Gasteiger partial charge in [-0.05, 0) is 12.1 Å². The van der Waals surface area contributed by atoms with Crippen LogP contribution in [0.4, 0.5) is 5.82 Å². The van der Waals surface area contributed by atoms with Gasteiger partial charge in [0.05, 0.1) is 13.5 Å². The first-order valence-corrected chi connectivity index (χ1v) is 6.09. The molecule has 0 saturated heterocycles. The van der Waals surface area contributed by atoms with Crippen LogP contribution in [0.25, 0.3) is 0 Å². The molecule has 0 saturated carbocycles. The van der Waals surface area contributed by atoms with Crippen molar-refractivity contribution in [2.75, 3.05) is 26.1 Å². The van der Waals surface area contributed by atoms with E-state index in [4.69, 9.17) is 5.11 Å². The van der Waals surface area contributed by atoms with Crippen molar-refractivity contribution in [1.29, 1.82) is 0 Å². The first-order valence-electron chi connectivity index (χ1n) is 6.09. The molecule has 1 amide bonds. The third-order valence-corrected chi connectivity index (χ3v) is 2.67. The Balaban J connectivity index is 2.84. The zero-order chi connectivity index (χ0) is 16.0. The summed E-state index contributed by atoms with van der Waals surface area (Å²) in [6.07, 6.45) is 1.00. The average molecular weight is 295 g/mol. The smallest absolute Gasteiger partial charge is 0.326 e. The molecule has 1 heterocycles. The number of carbonyl (C=O) groups excluding carboxylic acids is 2. The van der Waals surface area contributed by atoms with Crippen molar-refractivity contribution in [1.82, 2.24) is 10.3 Å². The minimum Gasteiger partial charge on any atom is -0.480 e. The lowest BCUT2D eigenvalue weighted by atomic mass is 10.1. The molecule has 0 aromatic carbocycles. The van der Waals surface area contributed by atoms with E-state index in [9.17, 15) is 14.4 Å². The van der Waals surface area contributed by atoms with Crippen LogP contribution >= 0.6 is 0 Å². The number of aliphatic carboxylic acids is 1. The molecule has 0 unspecified atom stereocenters. The van der Waals surface area contributed by atoms with Gasteiger partial charge in [0.15, 0.2) is 0 Å². The van der Waals surface area contributed by atoms with E-state index < -0.39 is 30.3 Å². The lowest BCUT2D eigenvalue weighted by molar-refractivity contribution is -0.147. The molecule has 0 fully saturated rings. The van der Waals surface area contributed by atoms with Gasteiger partial charge in [-0.1, -0.05) is 0 Å². The normalized spacial score (nSPS) is 11.4. The van der Waals surface area contributed by atoms with Crippen molar-refractivity contribution >= 4 is 23.7 Å². The first kappa shape index (κ1) is 16.4. The number of nitrogens with zero attached hydrogens (tertiary/aromatic N) is 2. The Labute approximate surface area is 121 Å². The molecule has 0 aliphatic heterocycles. The van der Waals surface area contributed by atoms with Crippen molar-refractivity contribution in [2.24, 2.45) is 0 Å². The minimum absolute atomic E-state index is 0.254. The third kappa shape index (κ3) is 4.75. The lowest BCUT2D eigenvalue weighted by Gasteiger charge is -2.15. The molecule has 1 atom stereocenters. The van der Waals surface area contributed by atoms with Gasteiger partial charge < -0.3 is 20.1 Å². The van der Waals surface area contributed by atoms with Gasteiger partial charge in [-0.2, -0.15) is 0 Å². The highest BCUT2D eigenvalue weighted by atomic mass is 16.5. The van der Waals surface area contributed by atoms with Gasteiger partial charge >= 0.3 is 11.9 Å². The van der Waals surface area contributed by atoms with Crippen molar-refractivity contribution in [3.63, 3.8) is 0 Å². The molecular weight excluding hydrogens is 278 g/mol. The Hall–Kier alpha value is -2.64. The number of aromatic nitrogens is 1. The topological polar surface area (TPSA) is 109 Å². The number of carboxylic acids is 1. The maximum absolute atomic E-state index is 12.0. The van der Waals surface area contributed by atoms with Crippen LogP contribution in [0, 0.1) is 0 Å². The van der Waals surface area contributed by atoms with Crippen LogP contribution in [-0.4, -0.2) is 55.2 Å². The van der Waals surface area contributed by atoms with E-state index in [-0.39, 0.29) is 5.56 Å². The number of hydrogen-bond acceptors (Lipinski definition) is 6. The van der Waals surface area contributed by atoms with Gasteiger partial charge in [0, 0.05) is 25.9 Å². The zero-order valence-electron chi connectivity index (χ0n) is 12.0. The molecule has 8 nitrogen and oxygen atoms in total. The summed E-state index contributed by atoms with van der Waals surface area (Å²) < 4.78 is 4.40. The summed E-state index contributed by atoms with van der Waals surface area (Å²) in [6.45, 7) is 0. The number of hydrogen-bond donors (Lipinski definition) is 2. The van der Waals surface area contributed by atoms with Crippen molar-refractivity contribution in [3.8, 4) is 0 Å². The molecule has 1 aromatic rings. The van der Waals surface area contributed by atoms with E-state index in [2.05, 4.69) is 15.0 Å². The largest absolute Gasteiger partial charge is 0.480 e. The summed E-state index contributed by atoms with van der Waals surface area (Å²) in [5, 5.41) is 11.3. The number of methoxy groups -OCH3 is 1. The predicted molar refractivity (Wildman–Crippen MR) is 74.1 cm³/mol. The fourth-order valence-electron chi connectivity index (χ4n) is 1.50. The third-order valence-electron chi connectivity index (χ3n) is 2.67. The lowest BCUT2D eigenvalue weighted by Crippen LogP contribution is -2.42. The molecule has 1 aromatic heterocycles. The molecule has 0 aliphatic rings. The Morgan fingerprint density at radius 3 is 2.62 bits per heavy atom. The molecule has 8 heteroatoms. The number of pyridine rings is 1. The fraction of sp³-hybridized carbons (Fsp3) is 0.385. The fourth-order valence-corrected chi connectivity index (χ4v) is 1.50. The molecule has 114 valence electrons. The minimum atomic E-state index is -1.35. The van der Waals surface area contributed by atoms with Crippen LogP contribution in [0.15, 0.2) is 18.3 Å². The van der Waals surface area contributed by atoms with Crippen LogP contribution in [0.1, 0.15) is 16.8 Å². The van der Waals surface area contributed by atoms with E-state index >= 15 is 0 Å². The Bertz CT molecular complexity index is 544. The first-order chi connectivity index (χ1) is 9.85. The molecule has 0 radical (unpaired) electrons. The van der Waals surface area contributed by atoms with Crippen molar-refractivity contribution in [2.45, 2.75) is 12.5 Å². The highest BCUT2D eigenvalue weighted by molar-refractivity contribution is 5.97. The summed E-state index contributed by atoms with van der Waals surface area (Å²) in [7, 11) is 4.68. The predicted octanol–water partition coefficient (Wildman–Crippen LogP) is -0.106. The number of anilines is 1. The molecule has 1 rings (SSSR count). The highest BCUT2D eigenvalue weighted by Crippen LogP contribution is 2.10. The number of esters is 1. The molecule has 0 spiro atoms. The Kier molecular flexibility index (Phi) is 5.65. The van der Waals surface area contributed by atoms with Crippen LogP contribution in [0.5, 0.6) is 0 Å². The van der Waals surface area contributed by atoms with E-state index in [0.717, 1.165) is 7.11 Å². The van der Waals surface area contributed by atoms with Gasteiger partial charge in [-0.15, -0.1) is 0 Å². The number of carboxylic acid groups (broad SMARTS) is 1. The number of carbonyl (C=O) groups is 3. The zero-order valence-corrected chi connectivity index (χ0v) is 12.0. The van der Waals surface area contributed by atoms with E-state index in [1.165, 1.54) is 18.3 Å². The number of ether oxygens (including phenoxy) is 1. The summed E-state index contributed by atoms with van der Waals surface area (Å²) in [5.74, 6) is -2.07. The number of rotatable bonds is 6. The second kappa shape index (κ2) is 7.22. The van der Waals surface area contributed by atoms with Crippen LogP contribution in [0.2, 0.25) is 0 Å². The van der Waals surface area contributed by atoms with E-state index in [1.807, 2.05) is 0 Å². The van der Waals surface area contributed by atoms with Gasteiger partial charge in [0.2, 0.25) is 0 Å². The Morgan fingerprint density at radius 1 is 1.43 bits per heavy atom. The highest BCUT2D eigenvalue weighted by Gasteiger charge is 2.24. The Morgan fingerprint density at radius 2 is 2.10 bits per heavy atom.